The van der Waals surface area contributed by atoms with Crippen molar-refractivity contribution in [1.29, 1.82) is 0 Å². The Morgan fingerprint density at radius 3 is 0.848 bits per heavy atom. The molecule has 8 aromatic carbocycles. The van der Waals surface area contributed by atoms with E-state index < -0.39 is 23.5 Å². The summed E-state index contributed by atoms with van der Waals surface area (Å²) >= 11 is 0. The van der Waals surface area contributed by atoms with Crippen LogP contribution in [0.2, 0.25) is 0 Å². The van der Waals surface area contributed by atoms with Crippen molar-refractivity contribution in [3.8, 4) is 90.6 Å². The summed E-state index contributed by atoms with van der Waals surface area (Å²) in [7, 11) is 0. The van der Waals surface area contributed by atoms with Gasteiger partial charge < -0.3 is 0 Å². The number of halogens is 6. The summed E-state index contributed by atoms with van der Waals surface area (Å²) in [5, 5.41) is 2.00. The van der Waals surface area contributed by atoms with Crippen LogP contribution in [0.3, 0.4) is 0 Å². The van der Waals surface area contributed by atoms with Crippen molar-refractivity contribution in [2.45, 2.75) is 12.4 Å². The van der Waals surface area contributed by atoms with Gasteiger partial charge in [-0.05, 0) is 81.6 Å². The standard InChI is InChI=1S/C54H32F6N6/c55-53(56,57)45-25-21-36(22-26-45)49-61-47(34-9-3-1-4-10-34)63-51(65-49)42-15-7-13-38(29-42)40-19-17-33-18-20-41(32-44(33)31-40)39-14-8-16-43(30-39)52-64-48(35-11-5-2-6-12-35)62-50(66-52)37-23-27-46(28-24-37)54(58,59)60/h1-32H. The van der Waals surface area contributed by atoms with Gasteiger partial charge in [-0.15, -0.1) is 0 Å². The van der Waals surface area contributed by atoms with Crippen LogP contribution < -0.4 is 0 Å². The number of alkyl halides is 6. The molecule has 0 aliphatic rings. The highest BCUT2D eigenvalue weighted by molar-refractivity contribution is 5.91. The molecule has 0 saturated heterocycles. The first kappa shape index (κ1) is 41.6. The molecule has 2 aromatic heterocycles. The van der Waals surface area contributed by atoms with Gasteiger partial charge in [0.25, 0.3) is 0 Å². The fourth-order valence-electron chi connectivity index (χ4n) is 7.60. The van der Waals surface area contributed by atoms with Crippen molar-refractivity contribution < 1.29 is 26.3 Å². The molecule has 10 rings (SSSR count). The molecule has 0 fully saturated rings. The quantitative estimate of drug-likeness (QED) is 0.142. The van der Waals surface area contributed by atoms with Crippen molar-refractivity contribution in [3.63, 3.8) is 0 Å². The van der Waals surface area contributed by atoms with E-state index in [-0.39, 0.29) is 11.6 Å². The average Bonchev–Trinajstić information content (AvgIpc) is 3.36. The minimum Gasteiger partial charge on any atom is -0.208 e. The summed E-state index contributed by atoms with van der Waals surface area (Å²) in [6.45, 7) is 0. The van der Waals surface area contributed by atoms with Crippen LogP contribution in [0.4, 0.5) is 26.3 Å². The number of hydrogen-bond donors (Lipinski definition) is 0. The molecule has 0 amide bonds. The molecular weight excluding hydrogens is 847 g/mol. The van der Waals surface area contributed by atoms with Crippen LogP contribution >= 0.6 is 0 Å². The molecule has 2 heterocycles. The topological polar surface area (TPSA) is 77.3 Å². The Morgan fingerprint density at radius 2 is 0.500 bits per heavy atom. The maximum Gasteiger partial charge on any atom is 0.416 e. The number of fused-ring (bicyclic) bond motifs is 1. The van der Waals surface area contributed by atoms with Gasteiger partial charge >= 0.3 is 12.4 Å². The molecule has 66 heavy (non-hydrogen) atoms. The lowest BCUT2D eigenvalue weighted by atomic mass is 9.96. The highest BCUT2D eigenvalue weighted by atomic mass is 19.4. The van der Waals surface area contributed by atoms with Crippen molar-refractivity contribution in [1.82, 2.24) is 29.9 Å². The summed E-state index contributed by atoms with van der Waals surface area (Å²) in [5.41, 5.74) is 5.83. The second-order valence-electron chi connectivity index (χ2n) is 15.4. The van der Waals surface area contributed by atoms with E-state index in [0.29, 0.717) is 45.6 Å². The first-order valence-electron chi connectivity index (χ1n) is 20.7. The van der Waals surface area contributed by atoms with E-state index in [2.05, 4.69) is 34.2 Å². The third-order valence-electron chi connectivity index (χ3n) is 11.0. The van der Waals surface area contributed by atoms with Gasteiger partial charge in [0.1, 0.15) is 0 Å². The molecule has 0 unspecified atom stereocenters. The minimum absolute atomic E-state index is 0.243. The molecule has 12 heteroatoms. The van der Waals surface area contributed by atoms with E-state index in [9.17, 15) is 26.3 Å². The third-order valence-corrected chi connectivity index (χ3v) is 11.0. The zero-order chi connectivity index (χ0) is 45.4. The highest BCUT2D eigenvalue weighted by Crippen LogP contribution is 2.36. The number of aromatic nitrogens is 6. The number of benzene rings is 8. The van der Waals surface area contributed by atoms with E-state index in [4.69, 9.17) is 19.9 Å². The number of rotatable bonds is 8. The summed E-state index contributed by atoms with van der Waals surface area (Å²) in [6, 6.07) is 56.1. The van der Waals surface area contributed by atoms with Crippen LogP contribution in [-0.4, -0.2) is 29.9 Å². The molecule has 0 spiro atoms. The highest BCUT2D eigenvalue weighted by Gasteiger charge is 2.31. The predicted molar refractivity (Wildman–Crippen MR) is 244 cm³/mol. The molecule has 0 atom stereocenters. The van der Waals surface area contributed by atoms with Crippen molar-refractivity contribution in [2.24, 2.45) is 0 Å². The van der Waals surface area contributed by atoms with Gasteiger partial charge in [-0.2, -0.15) is 26.3 Å². The largest absolute Gasteiger partial charge is 0.416 e. The Bertz CT molecular complexity index is 3150. The van der Waals surface area contributed by atoms with E-state index in [1.54, 1.807) is 0 Å². The van der Waals surface area contributed by atoms with Crippen LogP contribution in [-0.2, 0) is 12.4 Å². The fraction of sp³-hybridized carbons (Fsp3) is 0.0370. The third kappa shape index (κ3) is 8.76. The number of nitrogens with zero attached hydrogens (tertiary/aromatic N) is 6. The van der Waals surface area contributed by atoms with Crippen LogP contribution in [0.25, 0.3) is 101 Å². The molecule has 6 nitrogen and oxygen atoms in total. The maximum atomic E-state index is 13.4. The SMILES string of the molecule is FC(F)(F)c1ccc(-c2nc(-c3ccccc3)nc(-c3cccc(-c4ccc5ccc(-c6cccc(-c7nc(-c8ccccc8)nc(-c8ccc(C(F)(F)F)cc8)n7)c6)cc5c4)c3)n2)cc1. The minimum atomic E-state index is -4.48. The Balaban J connectivity index is 0.990. The van der Waals surface area contributed by atoms with Crippen LogP contribution in [0, 0.1) is 0 Å². The first-order valence-corrected chi connectivity index (χ1v) is 20.7. The van der Waals surface area contributed by atoms with Crippen molar-refractivity contribution >= 4 is 10.8 Å². The Labute approximate surface area is 374 Å². The monoisotopic (exact) mass is 878 g/mol. The molecule has 320 valence electrons. The molecule has 0 N–H and O–H groups in total. The smallest absolute Gasteiger partial charge is 0.208 e. The predicted octanol–water partition coefficient (Wildman–Crippen LogP) is 14.6. The van der Waals surface area contributed by atoms with E-state index in [0.717, 1.165) is 68.4 Å². The molecule has 0 aliphatic carbocycles. The summed E-state index contributed by atoms with van der Waals surface area (Å²) in [6.07, 6.45) is -8.96. The Kier molecular flexibility index (Phi) is 10.7. The van der Waals surface area contributed by atoms with Gasteiger partial charge in [0.05, 0.1) is 11.1 Å². The van der Waals surface area contributed by atoms with Crippen molar-refractivity contribution in [2.75, 3.05) is 0 Å². The Morgan fingerprint density at radius 1 is 0.227 bits per heavy atom. The Hall–Kier alpha value is -8.38. The molecular formula is C54H32F6N6. The second-order valence-corrected chi connectivity index (χ2v) is 15.4. The molecule has 0 bridgehead atoms. The maximum absolute atomic E-state index is 13.4. The van der Waals surface area contributed by atoms with Gasteiger partial charge in [-0.1, -0.05) is 146 Å². The zero-order valence-corrected chi connectivity index (χ0v) is 34.4. The zero-order valence-electron chi connectivity index (χ0n) is 34.4. The average molecular weight is 879 g/mol. The summed E-state index contributed by atoms with van der Waals surface area (Å²) in [5.74, 6) is 1.98. The van der Waals surface area contributed by atoms with Gasteiger partial charge in [0.15, 0.2) is 34.9 Å². The lowest BCUT2D eigenvalue weighted by Crippen LogP contribution is -2.05. The van der Waals surface area contributed by atoms with Gasteiger partial charge in [-0.3, -0.25) is 0 Å². The lowest BCUT2D eigenvalue weighted by Gasteiger charge is -2.12. The van der Waals surface area contributed by atoms with Gasteiger partial charge in [0.2, 0.25) is 0 Å². The lowest BCUT2D eigenvalue weighted by molar-refractivity contribution is -0.138. The second kappa shape index (κ2) is 17.0. The van der Waals surface area contributed by atoms with Gasteiger partial charge in [-0.25, -0.2) is 29.9 Å². The molecule has 0 radical (unpaired) electrons. The van der Waals surface area contributed by atoms with Crippen LogP contribution in [0.15, 0.2) is 194 Å². The van der Waals surface area contributed by atoms with E-state index >= 15 is 0 Å². The fourth-order valence-corrected chi connectivity index (χ4v) is 7.60. The van der Waals surface area contributed by atoms with E-state index in [1.165, 1.54) is 24.3 Å². The summed E-state index contributed by atoms with van der Waals surface area (Å²) < 4.78 is 80.4. The molecule has 0 aliphatic heterocycles. The van der Waals surface area contributed by atoms with E-state index in [1.807, 2.05) is 121 Å². The van der Waals surface area contributed by atoms with Crippen LogP contribution in [0.1, 0.15) is 11.1 Å². The molecule has 0 saturated carbocycles. The summed E-state index contributed by atoms with van der Waals surface area (Å²) in [4.78, 5) is 28.4. The normalized spacial score (nSPS) is 11.8. The van der Waals surface area contributed by atoms with Crippen LogP contribution in [0.5, 0.6) is 0 Å². The van der Waals surface area contributed by atoms with Crippen molar-refractivity contribution in [3.05, 3.63) is 205 Å². The van der Waals surface area contributed by atoms with Gasteiger partial charge in [0, 0.05) is 33.4 Å². The number of hydrogen-bond acceptors (Lipinski definition) is 6. The molecule has 10 aromatic rings. The first-order chi connectivity index (χ1) is 31.9.